The molecule has 1 unspecified atom stereocenters. The zero-order valence-electron chi connectivity index (χ0n) is 17.8. The molecule has 186 valence electrons. The third kappa shape index (κ3) is 6.04. The molecule has 1 amide bonds. The van der Waals surface area contributed by atoms with Crippen molar-refractivity contribution >= 4 is 5.91 Å². The van der Waals surface area contributed by atoms with Gasteiger partial charge in [-0.1, -0.05) is 0 Å². The van der Waals surface area contributed by atoms with Gasteiger partial charge in [-0.3, -0.25) is 9.78 Å². The van der Waals surface area contributed by atoms with Gasteiger partial charge < -0.3 is 16.3 Å². The number of nitrogens with two attached hydrogens (primary N) is 1. The van der Waals surface area contributed by atoms with E-state index >= 15 is 0 Å². The number of carbonyl (C=O) groups excluding carboxylic acids is 1. The molecule has 0 saturated carbocycles. The second kappa shape index (κ2) is 9.49. The Morgan fingerprint density at radius 1 is 1.06 bits per heavy atom. The SMILES string of the molecule is C[C@@H](NC(=O)c1cc(-c2ccc(F)cn2)cc(C(N)C(F)(F)F)c1)c1ccc(C(F)(F)F)[n+]([O-])c1. The average Bonchev–Trinajstić information content (AvgIpc) is 2.77. The summed E-state index contributed by atoms with van der Waals surface area (Å²) in [5.41, 5.74) is 3.25. The Labute approximate surface area is 193 Å². The normalized spacial score (nSPS) is 13.9. The number of nitrogens with zero attached hydrogens (tertiary/aromatic N) is 2. The highest BCUT2D eigenvalue weighted by Crippen LogP contribution is 2.33. The van der Waals surface area contributed by atoms with Crippen molar-refractivity contribution < 1.29 is 40.3 Å². The standard InChI is InChI=1S/C22H17F7N4O2/c1-11(12-2-5-18(21(24,25)26)33(35)10-12)32-20(34)15-7-13(17-4-3-16(23)9-31-17)6-14(8-15)19(30)22(27,28)29/h2-11,19H,30H2,1H3,(H,32,34)/t11-,19?/m1/s1. The second-order valence-corrected chi connectivity index (χ2v) is 7.59. The fraction of sp³-hybridized carbons (Fsp3) is 0.227. The predicted molar refractivity (Wildman–Crippen MR) is 109 cm³/mol. The van der Waals surface area contributed by atoms with Crippen LogP contribution in [0.25, 0.3) is 11.3 Å². The van der Waals surface area contributed by atoms with E-state index in [1.54, 1.807) is 0 Å². The molecule has 1 aromatic carbocycles. The van der Waals surface area contributed by atoms with Gasteiger partial charge in [0.1, 0.15) is 11.9 Å². The Kier molecular flexibility index (Phi) is 7.01. The lowest BCUT2D eigenvalue weighted by Gasteiger charge is -2.19. The predicted octanol–water partition coefficient (Wildman–Crippen LogP) is 4.59. The lowest BCUT2D eigenvalue weighted by molar-refractivity contribution is -0.629. The molecule has 3 rings (SSSR count). The zero-order valence-corrected chi connectivity index (χ0v) is 17.8. The number of rotatable bonds is 5. The van der Waals surface area contributed by atoms with Crippen molar-refractivity contribution in [3.63, 3.8) is 0 Å². The molecule has 0 bridgehead atoms. The van der Waals surface area contributed by atoms with Crippen molar-refractivity contribution in [2.24, 2.45) is 5.73 Å². The van der Waals surface area contributed by atoms with Crippen LogP contribution in [-0.4, -0.2) is 17.1 Å². The van der Waals surface area contributed by atoms with Crippen molar-refractivity contribution in [2.75, 3.05) is 0 Å². The Morgan fingerprint density at radius 3 is 2.29 bits per heavy atom. The first-order valence-corrected chi connectivity index (χ1v) is 9.87. The molecule has 6 nitrogen and oxygen atoms in total. The summed E-state index contributed by atoms with van der Waals surface area (Å²) in [7, 11) is 0. The van der Waals surface area contributed by atoms with Gasteiger partial charge in [-0.05, 0) is 48.9 Å². The number of amides is 1. The minimum absolute atomic E-state index is 0.0184. The quantitative estimate of drug-likeness (QED) is 0.303. The number of hydrogen-bond donors (Lipinski definition) is 2. The Bertz CT molecular complexity index is 1230. The summed E-state index contributed by atoms with van der Waals surface area (Å²) in [6, 6.07) is 3.52. The van der Waals surface area contributed by atoms with E-state index in [4.69, 9.17) is 5.73 Å². The summed E-state index contributed by atoms with van der Waals surface area (Å²) in [5.74, 6) is -1.58. The van der Waals surface area contributed by atoms with Crippen molar-refractivity contribution in [2.45, 2.75) is 31.4 Å². The highest BCUT2D eigenvalue weighted by Gasteiger charge is 2.40. The van der Waals surface area contributed by atoms with Crippen molar-refractivity contribution in [1.82, 2.24) is 10.3 Å². The first-order valence-electron chi connectivity index (χ1n) is 9.87. The van der Waals surface area contributed by atoms with Crippen LogP contribution >= 0.6 is 0 Å². The molecule has 0 saturated heterocycles. The molecular formula is C22H17F7N4O2. The topological polar surface area (TPSA) is 95.0 Å². The highest BCUT2D eigenvalue weighted by molar-refractivity contribution is 5.96. The van der Waals surface area contributed by atoms with Gasteiger partial charge >= 0.3 is 12.4 Å². The van der Waals surface area contributed by atoms with E-state index in [1.165, 1.54) is 19.1 Å². The number of pyridine rings is 2. The van der Waals surface area contributed by atoms with Gasteiger partial charge in [0, 0.05) is 22.8 Å². The molecule has 0 aliphatic heterocycles. The van der Waals surface area contributed by atoms with E-state index < -0.39 is 47.4 Å². The molecule has 0 fully saturated rings. The molecule has 0 aliphatic rings. The maximum atomic E-state index is 13.2. The van der Waals surface area contributed by atoms with Crippen LogP contribution in [0.1, 0.15) is 46.2 Å². The summed E-state index contributed by atoms with van der Waals surface area (Å²) >= 11 is 0. The van der Waals surface area contributed by atoms with Crippen molar-refractivity contribution in [3.8, 4) is 11.3 Å². The molecule has 13 heteroatoms. The summed E-state index contributed by atoms with van der Waals surface area (Å²) in [5, 5.41) is 14.1. The van der Waals surface area contributed by atoms with Crippen LogP contribution in [0.5, 0.6) is 0 Å². The van der Waals surface area contributed by atoms with Crippen molar-refractivity contribution in [3.05, 3.63) is 88.3 Å². The molecule has 0 spiro atoms. The number of benzene rings is 1. The fourth-order valence-corrected chi connectivity index (χ4v) is 3.18. The fourth-order valence-electron chi connectivity index (χ4n) is 3.18. The zero-order chi connectivity index (χ0) is 26.1. The molecule has 3 aromatic rings. The van der Waals surface area contributed by atoms with E-state index in [-0.39, 0.29) is 27.1 Å². The van der Waals surface area contributed by atoms with Gasteiger partial charge in [0.2, 0.25) is 0 Å². The summed E-state index contributed by atoms with van der Waals surface area (Å²) in [6.07, 6.45) is -8.24. The van der Waals surface area contributed by atoms with Gasteiger partial charge in [-0.25, -0.2) is 4.39 Å². The molecule has 2 aromatic heterocycles. The monoisotopic (exact) mass is 502 g/mol. The van der Waals surface area contributed by atoms with Gasteiger partial charge in [-0.2, -0.15) is 31.1 Å². The molecule has 0 aliphatic carbocycles. The Morgan fingerprint density at radius 2 is 1.74 bits per heavy atom. The van der Waals surface area contributed by atoms with Crippen LogP contribution in [0, 0.1) is 11.0 Å². The first kappa shape index (κ1) is 25.9. The van der Waals surface area contributed by atoms with E-state index in [1.807, 2.05) is 0 Å². The molecular weight excluding hydrogens is 485 g/mol. The average molecular weight is 502 g/mol. The van der Waals surface area contributed by atoms with Gasteiger partial charge in [-0.15, -0.1) is 0 Å². The smallest absolute Gasteiger partial charge is 0.478 e. The van der Waals surface area contributed by atoms with Crippen LogP contribution in [0.2, 0.25) is 0 Å². The minimum Gasteiger partial charge on any atom is -0.618 e. The van der Waals surface area contributed by atoms with Crippen LogP contribution in [0.15, 0.2) is 54.9 Å². The van der Waals surface area contributed by atoms with E-state index in [0.717, 1.165) is 30.5 Å². The Hall–Kier alpha value is -3.74. The molecule has 3 N–H and O–H groups in total. The van der Waals surface area contributed by atoms with Crippen LogP contribution in [0.4, 0.5) is 30.7 Å². The largest absolute Gasteiger partial charge is 0.618 e. The third-order valence-electron chi connectivity index (χ3n) is 5.03. The maximum absolute atomic E-state index is 13.2. The maximum Gasteiger partial charge on any atom is 0.478 e. The highest BCUT2D eigenvalue weighted by atomic mass is 19.4. The number of nitrogens with one attached hydrogen (secondary N) is 1. The van der Waals surface area contributed by atoms with E-state index in [2.05, 4.69) is 10.3 Å². The molecule has 35 heavy (non-hydrogen) atoms. The number of hydrogen-bond acceptors (Lipinski definition) is 4. The molecule has 2 heterocycles. The summed E-state index contributed by atoms with van der Waals surface area (Å²) < 4.78 is 90.9. The van der Waals surface area contributed by atoms with Crippen molar-refractivity contribution in [1.29, 1.82) is 0 Å². The van der Waals surface area contributed by atoms with E-state index in [9.17, 15) is 40.7 Å². The second-order valence-electron chi connectivity index (χ2n) is 7.59. The number of carbonyl (C=O) groups is 1. The third-order valence-corrected chi connectivity index (χ3v) is 5.03. The number of halogens is 7. The number of alkyl halides is 6. The Balaban J connectivity index is 1.95. The minimum atomic E-state index is -4.88. The van der Waals surface area contributed by atoms with Crippen LogP contribution in [0.3, 0.4) is 0 Å². The molecule has 0 radical (unpaired) electrons. The summed E-state index contributed by atoms with van der Waals surface area (Å²) in [6.45, 7) is 1.37. The van der Waals surface area contributed by atoms with Gasteiger partial charge in [0.25, 0.3) is 11.6 Å². The summed E-state index contributed by atoms with van der Waals surface area (Å²) in [4.78, 5) is 16.6. The lowest BCUT2D eigenvalue weighted by atomic mass is 9.97. The van der Waals surface area contributed by atoms with Crippen LogP contribution in [-0.2, 0) is 6.18 Å². The van der Waals surface area contributed by atoms with Crippen LogP contribution < -0.4 is 15.8 Å². The van der Waals surface area contributed by atoms with E-state index in [0.29, 0.717) is 12.3 Å². The lowest BCUT2D eigenvalue weighted by Crippen LogP contribution is -2.38. The van der Waals surface area contributed by atoms with Gasteiger partial charge in [0.15, 0.2) is 6.20 Å². The molecule has 2 atom stereocenters. The first-order chi connectivity index (χ1) is 16.2. The van der Waals surface area contributed by atoms with Gasteiger partial charge in [0.05, 0.1) is 17.9 Å². The number of aromatic nitrogens is 2.